The topological polar surface area (TPSA) is 70.4 Å². The number of phenolic OH excluding ortho intramolecular Hbond substituents is 1. The molecule has 0 saturated carbocycles. The second-order valence-corrected chi connectivity index (χ2v) is 4.67. The number of hydrogen-bond acceptors (Lipinski definition) is 4. The predicted octanol–water partition coefficient (Wildman–Crippen LogP) is 2.79. The minimum Gasteiger partial charge on any atom is -0.507 e. The van der Waals surface area contributed by atoms with Crippen molar-refractivity contribution in [2.75, 3.05) is 0 Å². The third-order valence-corrected chi connectivity index (χ3v) is 3.38. The number of hydrogen-bond donors (Lipinski definition) is 2. The summed E-state index contributed by atoms with van der Waals surface area (Å²) in [6, 6.07) is 5.90. The van der Waals surface area contributed by atoms with E-state index in [1.165, 1.54) is 30.5 Å². The van der Waals surface area contributed by atoms with Crippen LogP contribution in [0.4, 0.5) is 0 Å². The molecule has 1 aromatic heterocycles. The van der Waals surface area contributed by atoms with E-state index >= 15 is 0 Å². The maximum atomic E-state index is 12.1. The van der Waals surface area contributed by atoms with Crippen molar-refractivity contribution in [3.8, 4) is 11.5 Å². The maximum absolute atomic E-state index is 12.1. The van der Waals surface area contributed by atoms with E-state index in [1.54, 1.807) is 6.92 Å². The molecule has 4 nitrogen and oxygen atoms in total. The van der Waals surface area contributed by atoms with Gasteiger partial charge in [-0.25, -0.2) is 4.98 Å². The number of aryl methyl sites for hydroxylation is 1. The van der Waals surface area contributed by atoms with Gasteiger partial charge in [0, 0.05) is 10.7 Å². The largest absolute Gasteiger partial charge is 0.507 e. The molecule has 0 unspecified atom stereocenters. The van der Waals surface area contributed by atoms with Crippen molar-refractivity contribution in [3.63, 3.8) is 0 Å². The number of halogens is 1. The van der Waals surface area contributed by atoms with E-state index < -0.39 is 5.78 Å². The summed E-state index contributed by atoms with van der Waals surface area (Å²) in [6.45, 7) is 1.80. The quantitative estimate of drug-likeness (QED) is 0.837. The molecular weight excluding hydrogens is 298 g/mol. The van der Waals surface area contributed by atoms with Crippen LogP contribution < -0.4 is 0 Å². The fourth-order valence-corrected chi connectivity index (χ4v) is 1.89. The smallest absolute Gasteiger partial charge is 0.218 e. The van der Waals surface area contributed by atoms with Gasteiger partial charge in [0.2, 0.25) is 5.78 Å². The lowest BCUT2D eigenvalue weighted by Crippen LogP contribution is -2.05. The number of pyridine rings is 1. The van der Waals surface area contributed by atoms with E-state index in [-0.39, 0.29) is 22.8 Å². The summed E-state index contributed by atoms with van der Waals surface area (Å²) in [5.41, 5.74) is 0.833. The molecule has 0 bridgehead atoms. The summed E-state index contributed by atoms with van der Waals surface area (Å²) in [4.78, 5) is 16.0. The third-order valence-electron chi connectivity index (χ3n) is 2.52. The number of benzene rings is 1. The van der Waals surface area contributed by atoms with Crippen molar-refractivity contribution in [2.24, 2.45) is 0 Å². The first-order chi connectivity index (χ1) is 8.50. The van der Waals surface area contributed by atoms with E-state index in [0.717, 1.165) is 5.56 Å². The van der Waals surface area contributed by atoms with Gasteiger partial charge in [0.15, 0.2) is 5.69 Å². The van der Waals surface area contributed by atoms with Crippen molar-refractivity contribution >= 4 is 21.7 Å². The number of carbonyl (C=O) groups excluding carboxylic acids is 1. The van der Waals surface area contributed by atoms with E-state index in [2.05, 4.69) is 20.9 Å². The van der Waals surface area contributed by atoms with Gasteiger partial charge in [-0.3, -0.25) is 4.79 Å². The molecule has 2 N–H and O–H groups in total. The fourth-order valence-electron chi connectivity index (χ4n) is 1.55. The average Bonchev–Trinajstić information content (AvgIpc) is 2.33. The molecule has 1 heterocycles. The van der Waals surface area contributed by atoms with Crippen molar-refractivity contribution in [2.45, 2.75) is 6.92 Å². The maximum Gasteiger partial charge on any atom is 0.218 e. The fraction of sp³-hybridized carbons (Fsp3) is 0.0769. The molecule has 0 spiro atoms. The van der Waals surface area contributed by atoms with E-state index in [1.807, 2.05) is 0 Å². The van der Waals surface area contributed by atoms with Crippen LogP contribution in [0, 0.1) is 6.92 Å². The van der Waals surface area contributed by atoms with Gasteiger partial charge in [0.1, 0.15) is 11.5 Å². The van der Waals surface area contributed by atoms with Gasteiger partial charge in [-0.1, -0.05) is 15.9 Å². The first kappa shape index (κ1) is 12.6. The highest BCUT2D eigenvalue weighted by Gasteiger charge is 2.19. The van der Waals surface area contributed by atoms with Crippen molar-refractivity contribution in [3.05, 3.63) is 51.8 Å². The van der Waals surface area contributed by atoms with E-state index in [0.29, 0.717) is 4.47 Å². The molecule has 2 rings (SSSR count). The van der Waals surface area contributed by atoms with Crippen LogP contribution in [0.25, 0.3) is 0 Å². The Balaban J connectivity index is 2.53. The number of ketones is 1. The Hall–Kier alpha value is -1.88. The van der Waals surface area contributed by atoms with Crippen LogP contribution in [0.15, 0.2) is 34.9 Å². The number of rotatable bonds is 2. The molecule has 0 fully saturated rings. The zero-order valence-corrected chi connectivity index (χ0v) is 11.1. The second-order valence-electron chi connectivity index (χ2n) is 3.82. The number of aromatic hydroxyl groups is 2. The Morgan fingerprint density at radius 2 is 2.00 bits per heavy atom. The SMILES string of the molecule is Cc1cc(O)c(C(=O)c2ncccc2O)cc1Br. The average molecular weight is 308 g/mol. The van der Waals surface area contributed by atoms with Crippen molar-refractivity contribution in [1.29, 1.82) is 0 Å². The molecule has 0 saturated heterocycles. The number of aromatic nitrogens is 1. The highest BCUT2D eigenvalue weighted by atomic mass is 79.9. The normalized spacial score (nSPS) is 10.3. The molecule has 0 amide bonds. The summed E-state index contributed by atoms with van der Waals surface area (Å²) >= 11 is 3.29. The summed E-state index contributed by atoms with van der Waals surface area (Å²) in [7, 11) is 0. The van der Waals surface area contributed by atoms with Gasteiger partial charge in [-0.05, 0) is 36.8 Å². The van der Waals surface area contributed by atoms with E-state index in [9.17, 15) is 15.0 Å². The van der Waals surface area contributed by atoms with Crippen LogP contribution >= 0.6 is 15.9 Å². The van der Waals surface area contributed by atoms with Gasteiger partial charge in [-0.15, -0.1) is 0 Å². The van der Waals surface area contributed by atoms with Crippen LogP contribution in [-0.2, 0) is 0 Å². The molecule has 1 aromatic carbocycles. The Morgan fingerprint density at radius 1 is 1.28 bits per heavy atom. The molecule has 2 aromatic rings. The van der Waals surface area contributed by atoms with Crippen LogP contribution in [0.3, 0.4) is 0 Å². The lowest BCUT2D eigenvalue weighted by molar-refractivity contribution is 0.102. The van der Waals surface area contributed by atoms with Crippen molar-refractivity contribution in [1.82, 2.24) is 4.98 Å². The summed E-state index contributed by atoms with van der Waals surface area (Å²) in [5.74, 6) is -0.865. The van der Waals surface area contributed by atoms with Crippen LogP contribution in [0.2, 0.25) is 0 Å². The molecule has 0 aliphatic rings. The number of phenols is 1. The number of carbonyl (C=O) groups is 1. The monoisotopic (exact) mass is 307 g/mol. The lowest BCUT2D eigenvalue weighted by Gasteiger charge is -2.07. The van der Waals surface area contributed by atoms with E-state index in [4.69, 9.17) is 0 Å². The molecule has 18 heavy (non-hydrogen) atoms. The van der Waals surface area contributed by atoms with Gasteiger partial charge >= 0.3 is 0 Å². The molecular formula is C13H10BrNO3. The summed E-state index contributed by atoms with van der Waals surface area (Å²) in [5, 5.41) is 19.4. The minimum absolute atomic E-state index is 0.0800. The van der Waals surface area contributed by atoms with Gasteiger partial charge < -0.3 is 10.2 Å². The Bertz CT molecular complexity index is 626. The molecule has 0 aliphatic carbocycles. The second kappa shape index (κ2) is 4.78. The Labute approximate surface area is 112 Å². The zero-order chi connectivity index (χ0) is 13.3. The molecule has 0 aliphatic heterocycles. The lowest BCUT2D eigenvalue weighted by atomic mass is 10.0. The highest BCUT2D eigenvalue weighted by molar-refractivity contribution is 9.10. The standard InChI is InChI=1S/C13H10BrNO3/c1-7-5-11(17)8(6-9(7)14)13(18)12-10(16)3-2-4-15-12/h2-6,16-17H,1H3. The molecule has 92 valence electrons. The zero-order valence-electron chi connectivity index (χ0n) is 9.51. The molecule has 0 atom stereocenters. The van der Waals surface area contributed by atoms with Crippen LogP contribution in [0.5, 0.6) is 11.5 Å². The first-order valence-electron chi connectivity index (χ1n) is 5.18. The Kier molecular flexibility index (Phi) is 3.34. The van der Waals surface area contributed by atoms with Crippen LogP contribution in [0.1, 0.15) is 21.6 Å². The summed E-state index contributed by atoms with van der Waals surface area (Å²) in [6.07, 6.45) is 1.41. The van der Waals surface area contributed by atoms with Gasteiger partial charge in [-0.2, -0.15) is 0 Å². The predicted molar refractivity (Wildman–Crippen MR) is 69.9 cm³/mol. The molecule has 0 radical (unpaired) electrons. The van der Waals surface area contributed by atoms with Crippen molar-refractivity contribution < 1.29 is 15.0 Å². The first-order valence-corrected chi connectivity index (χ1v) is 5.98. The van der Waals surface area contributed by atoms with Crippen LogP contribution in [-0.4, -0.2) is 21.0 Å². The number of nitrogens with zero attached hydrogens (tertiary/aromatic N) is 1. The minimum atomic E-state index is -0.522. The molecule has 5 heteroatoms. The summed E-state index contributed by atoms with van der Waals surface area (Å²) < 4.78 is 0.707. The van der Waals surface area contributed by atoms with Gasteiger partial charge in [0.25, 0.3) is 0 Å². The third kappa shape index (κ3) is 2.22. The highest BCUT2D eigenvalue weighted by Crippen LogP contribution is 2.29. The van der Waals surface area contributed by atoms with Gasteiger partial charge in [0.05, 0.1) is 5.56 Å². The Morgan fingerprint density at radius 3 is 2.67 bits per heavy atom.